The number of nitro benzene ring substituents is 1. The number of aryl methyl sites for hydroxylation is 1. The van der Waals surface area contributed by atoms with Crippen LogP contribution in [0.1, 0.15) is 41.3 Å². The van der Waals surface area contributed by atoms with E-state index in [0.29, 0.717) is 11.7 Å². The van der Waals surface area contributed by atoms with Crippen molar-refractivity contribution in [3.8, 4) is 5.75 Å². The molecule has 0 fully saturated rings. The van der Waals surface area contributed by atoms with Gasteiger partial charge in [-0.05, 0) is 42.2 Å². The Morgan fingerprint density at radius 1 is 1.22 bits per heavy atom. The van der Waals surface area contributed by atoms with Crippen molar-refractivity contribution < 1.29 is 14.5 Å². The number of esters is 1. The van der Waals surface area contributed by atoms with Crippen molar-refractivity contribution in [3.63, 3.8) is 0 Å². The van der Waals surface area contributed by atoms with Crippen LogP contribution < -0.4 is 4.74 Å². The number of rotatable bonds is 4. The maximum absolute atomic E-state index is 12.2. The van der Waals surface area contributed by atoms with Gasteiger partial charge in [-0.2, -0.15) is 0 Å². The summed E-state index contributed by atoms with van der Waals surface area (Å²) in [6, 6.07) is 9.06. The normalized spacial score (nSPS) is 10.7. The fourth-order valence-electron chi connectivity index (χ4n) is 2.30. The van der Waals surface area contributed by atoms with E-state index in [4.69, 9.17) is 16.3 Å². The van der Waals surface area contributed by atoms with Crippen LogP contribution in [0.25, 0.3) is 0 Å². The summed E-state index contributed by atoms with van der Waals surface area (Å²) in [5.41, 5.74) is 2.12. The minimum atomic E-state index is -0.651. The van der Waals surface area contributed by atoms with Gasteiger partial charge in [-0.3, -0.25) is 10.1 Å². The van der Waals surface area contributed by atoms with Crippen LogP contribution in [0, 0.1) is 17.0 Å². The molecule has 0 aliphatic rings. The summed E-state index contributed by atoms with van der Waals surface area (Å²) in [5, 5.41) is 10.7. The average molecular weight is 334 g/mol. The average Bonchev–Trinajstić information content (AvgIpc) is 2.46. The number of hydrogen-bond donors (Lipinski definition) is 0. The van der Waals surface area contributed by atoms with E-state index in [9.17, 15) is 14.9 Å². The van der Waals surface area contributed by atoms with Gasteiger partial charge in [-0.15, -0.1) is 0 Å². The Morgan fingerprint density at radius 2 is 1.91 bits per heavy atom. The van der Waals surface area contributed by atoms with Crippen molar-refractivity contribution in [2.75, 3.05) is 0 Å². The molecule has 120 valence electrons. The van der Waals surface area contributed by atoms with Crippen LogP contribution in [0.5, 0.6) is 5.75 Å². The number of carbonyl (C=O) groups is 1. The van der Waals surface area contributed by atoms with E-state index in [1.165, 1.54) is 17.7 Å². The zero-order chi connectivity index (χ0) is 17.1. The molecule has 0 saturated heterocycles. The fourth-order valence-corrected chi connectivity index (χ4v) is 2.56. The summed E-state index contributed by atoms with van der Waals surface area (Å²) in [4.78, 5) is 22.3. The monoisotopic (exact) mass is 333 g/mol. The molecule has 0 bridgehead atoms. The third-order valence-corrected chi connectivity index (χ3v) is 3.77. The van der Waals surface area contributed by atoms with Gasteiger partial charge in [-0.25, -0.2) is 4.79 Å². The smallest absolute Gasteiger partial charge is 0.345 e. The van der Waals surface area contributed by atoms with Crippen molar-refractivity contribution in [2.24, 2.45) is 0 Å². The number of benzene rings is 2. The molecule has 0 N–H and O–H groups in total. The molecule has 2 aromatic rings. The number of non-ortho nitro benzene ring substituents is 1. The molecule has 0 radical (unpaired) electrons. The van der Waals surface area contributed by atoms with Crippen LogP contribution >= 0.6 is 11.6 Å². The molecule has 0 aliphatic heterocycles. The molecule has 0 unspecified atom stereocenters. The van der Waals surface area contributed by atoms with Crippen molar-refractivity contribution in [2.45, 2.75) is 26.7 Å². The zero-order valence-corrected chi connectivity index (χ0v) is 13.8. The van der Waals surface area contributed by atoms with E-state index in [1.54, 1.807) is 12.1 Å². The molecule has 0 aromatic heterocycles. The predicted octanol–water partition coefficient (Wildman–Crippen LogP) is 4.90. The van der Waals surface area contributed by atoms with E-state index >= 15 is 0 Å². The maximum atomic E-state index is 12.2. The highest BCUT2D eigenvalue weighted by Gasteiger charge is 2.17. The predicted molar refractivity (Wildman–Crippen MR) is 88.3 cm³/mol. The van der Waals surface area contributed by atoms with Crippen LogP contribution in [0.2, 0.25) is 5.02 Å². The highest BCUT2D eigenvalue weighted by Crippen LogP contribution is 2.26. The van der Waals surface area contributed by atoms with Crippen molar-refractivity contribution in [1.29, 1.82) is 0 Å². The molecule has 0 aliphatic carbocycles. The summed E-state index contributed by atoms with van der Waals surface area (Å²) in [5.74, 6) is 0.136. The Hall–Kier alpha value is -2.40. The molecule has 6 heteroatoms. The van der Waals surface area contributed by atoms with Crippen LogP contribution in [0.15, 0.2) is 36.4 Å². The molecule has 0 heterocycles. The lowest BCUT2D eigenvalue weighted by molar-refractivity contribution is -0.384. The number of nitrogens with zero attached hydrogens (tertiary/aromatic N) is 1. The maximum Gasteiger partial charge on any atom is 0.345 e. The van der Waals surface area contributed by atoms with E-state index in [2.05, 4.69) is 13.8 Å². The van der Waals surface area contributed by atoms with Crippen molar-refractivity contribution in [1.82, 2.24) is 0 Å². The van der Waals surface area contributed by atoms with Crippen LogP contribution in [-0.2, 0) is 0 Å². The van der Waals surface area contributed by atoms with E-state index in [1.807, 2.05) is 13.0 Å². The van der Waals surface area contributed by atoms with Crippen LogP contribution in [0.3, 0.4) is 0 Å². The lowest BCUT2D eigenvalue weighted by Gasteiger charge is -2.12. The Balaban J connectivity index is 2.22. The zero-order valence-electron chi connectivity index (χ0n) is 13.0. The SMILES string of the molecule is Cc1cc(OC(=O)c2ccc([N+](=O)[O-])cc2Cl)ccc1C(C)C. The third kappa shape index (κ3) is 3.87. The first-order valence-electron chi connectivity index (χ1n) is 7.06. The second-order valence-corrected chi connectivity index (χ2v) is 5.89. The van der Waals surface area contributed by atoms with Gasteiger partial charge < -0.3 is 4.74 Å². The summed E-state index contributed by atoms with van der Waals surface area (Å²) in [6.07, 6.45) is 0. The number of carbonyl (C=O) groups excluding carboxylic acids is 1. The Kier molecular flexibility index (Phi) is 5.01. The lowest BCUT2D eigenvalue weighted by Crippen LogP contribution is -2.09. The molecule has 2 rings (SSSR count). The van der Waals surface area contributed by atoms with E-state index < -0.39 is 10.9 Å². The third-order valence-electron chi connectivity index (χ3n) is 3.46. The van der Waals surface area contributed by atoms with Crippen molar-refractivity contribution >= 4 is 23.3 Å². The molecule has 23 heavy (non-hydrogen) atoms. The van der Waals surface area contributed by atoms with Gasteiger partial charge in [0.15, 0.2) is 0 Å². The second-order valence-electron chi connectivity index (χ2n) is 5.48. The van der Waals surface area contributed by atoms with Crippen LogP contribution in [0.4, 0.5) is 5.69 Å². The first kappa shape index (κ1) is 17.0. The lowest BCUT2D eigenvalue weighted by atomic mass is 9.98. The number of halogens is 1. The Bertz CT molecular complexity index is 771. The molecule has 0 saturated carbocycles. The quantitative estimate of drug-likeness (QED) is 0.345. The highest BCUT2D eigenvalue weighted by atomic mass is 35.5. The summed E-state index contributed by atoms with van der Waals surface area (Å²) in [7, 11) is 0. The van der Waals surface area contributed by atoms with Gasteiger partial charge in [0.25, 0.3) is 5.69 Å². The largest absolute Gasteiger partial charge is 0.423 e. The first-order chi connectivity index (χ1) is 10.8. The summed E-state index contributed by atoms with van der Waals surface area (Å²) in [6.45, 7) is 6.13. The van der Waals surface area contributed by atoms with E-state index in [-0.39, 0.29) is 16.3 Å². The first-order valence-corrected chi connectivity index (χ1v) is 7.44. The molecular formula is C17H16ClNO4. The number of nitro groups is 1. The van der Waals surface area contributed by atoms with Gasteiger partial charge >= 0.3 is 5.97 Å². The van der Waals surface area contributed by atoms with Gasteiger partial charge in [0.2, 0.25) is 0 Å². The molecule has 0 spiro atoms. The summed E-state index contributed by atoms with van der Waals surface area (Å²) >= 11 is 5.93. The second kappa shape index (κ2) is 6.79. The molecule has 0 atom stereocenters. The Labute approximate surface area is 139 Å². The molecule has 2 aromatic carbocycles. The molecular weight excluding hydrogens is 318 g/mol. The topological polar surface area (TPSA) is 69.4 Å². The number of hydrogen-bond acceptors (Lipinski definition) is 4. The van der Waals surface area contributed by atoms with Gasteiger partial charge in [-0.1, -0.05) is 31.5 Å². The Morgan fingerprint density at radius 3 is 2.43 bits per heavy atom. The van der Waals surface area contributed by atoms with Gasteiger partial charge in [0.05, 0.1) is 15.5 Å². The highest BCUT2D eigenvalue weighted by molar-refractivity contribution is 6.33. The van der Waals surface area contributed by atoms with Crippen molar-refractivity contribution in [3.05, 3.63) is 68.2 Å². The molecule has 5 nitrogen and oxygen atoms in total. The van der Waals surface area contributed by atoms with E-state index in [0.717, 1.165) is 11.6 Å². The summed E-state index contributed by atoms with van der Waals surface area (Å²) < 4.78 is 5.30. The molecule has 0 amide bonds. The van der Waals surface area contributed by atoms with Crippen LogP contribution in [-0.4, -0.2) is 10.9 Å². The minimum absolute atomic E-state index is 0.0141. The number of ether oxygens (including phenoxy) is 1. The van der Waals surface area contributed by atoms with Gasteiger partial charge in [0, 0.05) is 12.1 Å². The minimum Gasteiger partial charge on any atom is -0.423 e. The standard InChI is InChI=1S/C17H16ClNO4/c1-10(2)14-7-5-13(8-11(14)3)23-17(20)15-6-4-12(19(21)22)9-16(15)18/h4-10H,1-3H3. The van der Waals surface area contributed by atoms with Gasteiger partial charge in [0.1, 0.15) is 5.75 Å². The fraction of sp³-hybridized carbons (Fsp3) is 0.235.